The first-order valence-corrected chi connectivity index (χ1v) is 13.6. The van der Waals surface area contributed by atoms with Gasteiger partial charge in [0.15, 0.2) is 5.01 Å². The first-order chi connectivity index (χ1) is 17.1. The fraction of sp³-hybridized carbons (Fsp3) is 0.500. The van der Waals surface area contributed by atoms with E-state index in [0.29, 0.717) is 28.6 Å². The van der Waals surface area contributed by atoms with E-state index in [9.17, 15) is 14.7 Å². The Kier molecular flexibility index (Phi) is 6.84. The minimum absolute atomic E-state index is 0.00400. The number of aliphatic hydroxyl groups is 1. The number of benzene rings is 1. The lowest BCUT2D eigenvalue weighted by molar-refractivity contribution is -0.00937. The maximum atomic E-state index is 13.2. The van der Waals surface area contributed by atoms with Gasteiger partial charge in [0.05, 0.1) is 11.3 Å². The van der Waals surface area contributed by atoms with Crippen molar-refractivity contribution >= 4 is 45.7 Å². The van der Waals surface area contributed by atoms with Gasteiger partial charge in [-0.3, -0.25) is 9.59 Å². The summed E-state index contributed by atoms with van der Waals surface area (Å²) in [4.78, 5) is 37.5. The molecule has 4 N–H and O–H groups in total. The smallest absolute Gasteiger partial charge is 0.280 e. The molecule has 1 fully saturated rings. The lowest BCUT2D eigenvalue weighted by Crippen LogP contribution is -2.56. The van der Waals surface area contributed by atoms with Crippen molar-refractivity contribution in [2.24, 2.45) is 5.92 Å². The lowest BCUT2D eigenvalue weighted by Gasteiger charge is -2.41. The number of hydrogen-bond acceptors (Lipinski definition) is 6. The molecular weight excluding hydrogens is 498 g/mol. The summed E-state index contributed by atoms with van der Waals surface area (Å²) in [5, 5.41) is 18.9. The summed E-state index contributed by atoms with van der Waals surface area (Å²) in [6.45, 7) is 5.34. The molecule has 2 aromatic heterocycles. The van der Waals surface area contributed by atoms with Crippen molar-refractivity contribution in [1.82, 2.24) is 25.5 Å². The lowest BCUT2D eigenvalue weighted by atomic mass is 9.74. The second-order valence-electron chi connectivity index (χ2n) is 10.6. The van der Waals surface area contributed by atoms with Crippen LogP contribution in [0.2, 0.25) is 5.02 Å². The molecule has 0 radical (unpaired) electrons. The van der Waals surface area contributed by atoms with Crippen molar-refractivity contribution < 1.29 is 14.7 Å². The standard InChI is InChI=1S/C26H32ClN5O3S/c1-26(2,35)15-4-6-18(29-23(33)21-11-14-10-16(27)5-7-17(14)28-21)20(12-15)30-24(34)25-31-19-8-9-32(3)13-22(19)36-25/h5,7,10-11,15,18,20,28,35H,4,6,8-9,12-13H2,1-3H3,(H,29,33)(H,30,34). The van der Waals surface area contributed by atoms with E-state index in [-0.39, 0.29) is 29.8 Å². The number of carbonyl (C=O) groups excluding carboxylic acids is 2. The van der Waals surface area contributed by atoms with Crippen LogP contribution < -0.4 is 10.6 Å². The molecule has 1 aliphatic carbocycles. The van der Waals surface area contributed by atoms with Crippen molar-refractivity contribution in [3.8, 4) is 0 Å². The number of fused-ring (bicyclic) bond motifs is 2. The number of likely N-dealkylation sites (N-methyl/N-ethyl adjacent to an activating group) is 1. The molecule has 1 aliphatic heterocycles. The molecular formula is C26H32ClN5O3S. The van der Waals surface area contributed by atoms with Crippen molar-refractivity contribution in [2.75, 3.05) is 13.6 Å². The number of aromatic nitrogens is 2. The molecule has 3 aromatic rings. The molecule has 192 valence electrons. The van der Waals surface area contributed by atoms with Crippen LogP contribution >= 0.6 is 22.9 Å². The van der Waals surface area contributed by atoms with E-state index in [1.807, 2.05) is 12.1 Å². The second-order valence-corrected chi connectivity index (χ2v) is 12.1. The number of hydrogen-bond donors (Lipinski definition) is 4. The summed E-state index contributed by atoms with van der Waals surface area (Å²) in [7, 11) is 2.07. The van der Waals surface area contributed by atoms with Crippen molar-refractivity contribution in [1.29, 1.82) is 0 Å². The number of nitrogens with zero attached hydrogens (tertiary/aromatic N) is 2. The fourth-order valence-corrected chi connectivity index (χ4v) is 6.54. The third kappa shape index (κ3) is 5.29. The van der Waals surface area contributed by atoms with E-state index < -0.39 is 5.60 Å². The van der Waals surface area contributed by atoms with Crippen LogP contribution in [0, 0.1) is 5.92 Å². The van der Waals surface area contributed by atoms with E-state index in [4.69, 9.17) is 11.6 Å². The molecule has 2 aliphatic rings. The third-order valence-corrected chi connectivity index (χ3v) is 8.74. The number of halogens is 1. The Morgan fingerprint density at radius 1 is 1.19 bits per heavy atom. The molecule has 3 heterocycles. The van der Waals surface area contributed by atoms with E-state index in [2.05, 4.69) is 32.5 Å². The molecule has 8 nitrogen and oxygen atoms in total. The van der Waals surface area contributed by atoms with Crippen LogP contribution in [0.4, 0.5) is 0 Å². The minimum Gasteiger partial charge on any atom is -0.390 e. The van der Waals surface area contributed by atoms with Gasteiger partial charge in [-0.25, -0.2) is 4.98 Å². The van der Waals surface area contributed by atoms with Crippen LogP contribution in [0.25, 0.3) is 10.9 Å². The first kappa shape index (κ1) is 25.2. The zero-order chi connectivity index (χ0) is 25.6. The number of nitrogens with one attached hydrogen (secondary N) is 3. The maximum absolute atomic E-state index is 13.2. The van der Waals surface area contributed by atoms with Crippen LogP contribution in [-0.4, -0.2) is 63.1 Å². The van der Waals surface area contributed by atoms with Gasteiger partial charge >= 0.3 is 0 Å². The monoisotopic (exact) mass is 529 g/mol. The number of rotatable bonds is 5. The van der Waals surface area contributed by atoms with E-state index in [0.717, 1.165) is 47.4 Å². The summed E-state index contributed by atoms with van der Waals surface area (Å²) in [6, 6.07) is 6.62. The normalized spacial score (nSPS) is 22.9. The zero-order valence-electron chi connectivity index (χ0n) is 20.7. The number of aromatic amines is 1. The highest BCUT2D eigenvalue weighted by molar-refractivity contribution is 7.13. The van der Waals surface area contributed by atoms with Gasteiger partial charge in [-0.1, -0.05) is 11.6 Å². The Bertz CT molecular complexity index is 1300. The summed E-state index contributed by atoms with van der Waals surface area (Å²) in [6.07, 6.45) is 2.81. The van der Waals surface area contributed by atoms with Crippen molar-refractivity contribution in [3.05, 3.63) is 50.6 Å². The highest BCUT2D eigenvalue weighted by Gasteiger charge is 2.39. The van der Waals surface area contributed by atoms with Gasteiger partial charge < -0.3 is 25.6 Å². The highest BCUT2D eigenvalue weighted by atomic mass is 35.5. The summed E-state index contributed by atoms with van der Waals surface area (Å²) in [5.41, 5.74) is 1.40. The van der Waals surface area contributed by atoms with E-state index >= 15 is 0 Å². The van der Waals surface area contributed by atoms with Crippen LogP contribution in [0.3, 0.4) is 0 Å². The van der Waals surface area contributed by atoms with Crippen molar-refractivity contribution in [2.45, 2.75) is 63.8 Å². The van der Waals surface area contributed by atoms with E-state index in [1.54, 1.807) is 26.0 Å². The quantitative estimate of drug-likeness (QED) is 0.402. The largest absolute Gasteiger partial charge is 0.390 e. The number of thiazole rings is 1. The Balaban J connectivity index is 1.33. The van der Waals surface area contributed by atoms with Gasteiger partial charge in [-0.15, -0.1) is 11.3 Å². The van der Waals surface area contributed by atoms with Crippen LogP contribution in [0.1, 0.15) is 64.0 Å². The molecule has 2 amide bonds. The minimum atomic E-state index is -0.876. The fourth-order valence-electron chi connectivity index (χ4n) is 5.27. The Morgan fingerprint density at radius 3 is 2.75 bits per heavy atom. The van der Waals surface area contributed by atoms with Gasteiger partial charge in [0.25, 0.3) is 11.8 Å². The van der Waals surface area contributed by atoms with E-state index in [1.165, 1.54) is 11.3 Å². The molecule has 0 saturated heterocycles. The molecule has 1 saturated carbocycles. The average Bonchev–Trinajstić information content (AvgIpc) is 3.43. The Labute approximate surface area is 219 Å². The van der Waals surface area contributed by atoms with Gasteiger partial charge in [-0.2, -0.15) is 0 Å². The zero-order valence-corrected chi connectivity index (χ0v) is 22.3. The summed E-state index contributed by atoms with van der Waals surface area (Å²) < 4.78 is 0. The predicted molar refractivity (Wildman–Crippen MR) is 142 cm³/mol. The topological polar surface area (TPSA) is 110 Å². The summed E-state index contributed by atoms with van der Waals surface area (Å²) >= 11 is 7.53. The maximum Gasteiger partial charge on any atom is 0.280 e. The Hall–Kier alpha value is -2.46. The molecule has 1 aromatic carbocycles. The van der Waals surface area contributed by atoms with Gasteiger partial charge in [0.2, 0.25) is 0 Å². The number of amides is 2. The highest BCUT2D eigenvalue weighted by Crippen LogP contribution is 2.34. The van der Waals surface area contributed by atoms with Crippen LogP contribution in [-0.2, 0) is 13.0 Å². The molecule has 36 heavy (non-hydrogen) atoms. The Morgan fingerprint density at radius 2 is 1.97 bits per heavy atom. The molecule has 0 spiro atoms. The first-order valence-electron chi connectivity index (χ1n) is 12.4. The number of H-pyrrole nitrogens is 1. The van der Waals surface area contributed by atoms with Crippen molar-refractivity contribution in [3.63, 3.8) is 0 Å². The van der Waals surface area contributed by atoms with Crippen LogP contribution in [0.5, 0.6) is 0 Å². The average molecular weight is 530 g/mol. The SMILES string of the molecule is CN1CCc2nc(C(=O)NC3CC(C(C)(C)O)CCC3NC(=O)c3cc4cc(Cl)ccc4[nH]3)sc2C1. The number of carbonyl (C=O) groups is 2. The van der Waals surface area contributed by atoms with Crippen LogP contribution in [0.15, 0.2) is 24.3 Å². The molecule has 3 unspecified atom stereocenters. The van der Waals surface area contributed by atoms with Gasteiger partial charge in [0, 0.05) is 52.4 Å². The molecule has 0 bridgehead atoms. The molecule has 10 heteroatoms. The predicted octanol–water partition coefficient (Wildman–Crippen LogP) is 3.73. The van der Waals surface area contributed by atoms with Gasteiger partial charge in [0.1, 0.15) is 5.69 Å². The van der Waals surface area contributed by atoms with Gasteiger partial charge in [-0.05, 0) is 70.3 Å². The third-order valence-electron chi connectivity index (χ3n) is 7.43. The molecule has 5 rings (SSSR count). The summed E-state index contributed by atoms with van der Waals surface area (Å²) in [5.74, 6) is -0.455. The second kappa shape index (κ2) is 9.78. The molecule has 3 atom stereocenters.